The van der Waals surface area contributed by atoms with Crippen LogP contribution in [0.2, 0.25) is 0 Å². The molecule has 0 aliphatic heterocycles. The van der Waals surface area contributed by atoms with Crippen LogP contribution in [0.25, 0.3) is 11.4 Å². The minimum atomic E-state index is -0.159. The van der Waals surface area contributed by atoms with Crippen molar-refractivity contribution in [3.63, 3.8) is 0 Å². The lowest BCUT2D eigenvalue weighted by Crippen LogP contribution is -2.17. The van der Waals surface area contributed by atoms with E-state index < -0.39 is 0 Å². The van der Waals surface area contributed by atoms with E-state index in [0.717, 1.165) is 33.8 Å². The Balaban J connectivity index is 1.48. The summed E-state index contributed by atoms with van der Waals surface area (Å²) in [5.41, 5.74) is 6.03. The van der Waals surface area contributed by atoms with E-state index >= 15 is 0 Å². The summed E-state index contributed by atoms with van der Waals surface area (Å²) in [6.45, 7) is 8.00. The average molecular weight is 434 g/mol. The molecule has 4 aromatic rings. The number of rotatable bonds is 6. The molecule has 0 aliphatic rings. The van der Waals surface area contributed by atoms with Crippen molar-refractivity contribution in [3.8, 4) is 11.4 Å². The van der Waals surface area contributed by atoms with Crippen molar-refractivity contribution in [2.45, 2.75) is 32.9 Å². The Hall–Kier alpha value is -3.46. The highest BCUT2D eigenvalue weighted by atomic mass is 32.2. The molecule has 0 aliphatic carbocycles. The van der Waals surface area contributed by atoms with Gasteiger partial charge < -0.3 is 5.32 Å². The first-order valence-corrected chi connectivity index (χ1v) is 10.8. The predicted molar refractivity (Wildman–Crippen MR) is 121 cm³/mol. The van der Waals surface area contributed by atoms with Gasteiger partial charge in [-0.1, -0.05) is 41.6 Å². The van der Waals surface area contributed by atoms with Gasteiger partial charge in [-0.3, -0.25) is 4.79 Å². The molecule has 158 valence electrons. The maximum Gasteiger partial charge on any atom is 0.236 e. The van der Waals surface area contributed by atoms with Gasteiger partial charge in [0.25, 0.3) is 0 Å². The zero-order valence-electron chi connectivity index (χ0n) is 17.8. The molecule has 2 heterocycles. The SMILES string of the molecule is Cc1ccc(-n2nc(C)cc2NC(=O)CSc2nnnn2-c2cccc(C)c2C)cc1. The van der Waals surface area contributed by atoms with Crippen LogP contribution in [-0.4, -0.2) is 41.6 Å². The van der Waals surface area contributed by atoms with Gasteiger partial charge in [-0.05, 0) is 67.4 Å². The highest BCUT2D eigenvalue weighted by Gasteiger charge is 2.15. The minimum absolute atomic E-state index is 0.159. The Morgan fingerprint density at radius 3 is 2.58 bits per heavy atom. The number of amides is 1. The fourth-order valence-corrected chi connectivity index (χ4v) is 3.85. The molecular weight excluding hydrogens is 410 g/mol. The summed E-state index contributed by atoms with van der Waals surface area (Å²) >= 11 is 1.29. The van der Waals surface area contributed by atoms with Crippen LogP contribution in [0.3, 0.4) is 0 Å². The first kappa shape index (κ1) is 20.8. The van der Waals surface area contributed by atoms with Gasteiger partial charge in [0.05, 0.1) is 22.8 Å². The highest BCUT2D eigenvalue weighted by molar-refractivity contribution is 7.99. The van der Waals surface area contributed by atoms with Gasteiger partial charge in [-0.15, -0.1) is 5.10 Å². The molecule has 0 fully saturated rings. The van der Waals surface area contributed by atoms with Crippen molar-refractivity contribution >= 4 is 23.5 Å². The van der Waals surface area contributed by atoms with E-state index in [-0.39, 0.29) is 11.7 Å². The summed E-state index contributed by atoms with van der Waals surface area (Å²) < 4.78 is 3.40. The highest BCUT2D eigenvalue weighted by Crippen LogP contribution is 2.23. The number of carbonyl (C=O) groups excluding carboxylic acids is 1. The number of nitrogens with zero attached hydrogens (tertiary/aromatic N) is 6. The fraction of sp³-hybridized carbons (Fsp3) is 0.227. The molecule has 0 unspecified atom stereocenters. The molecule has 8 nitrogen and oxygen atoms in total. The summed E-state index contributed by atoms with van der Waals surface area (Å²) in [7, 11) is 0. The molecule has 0 atom stereocenters. The van der Waals surface area contributed by atoms with Crippen LogP contribution in [0.1, 0.15) is 22.4 Å². The number of carbonyl (C=O) groups is 1. The van der Waals surface area contributed by atoms with Gasteiger partial charge in [-0.25, -0.2) is 4.68 Å². The molecule has 1 amide bonds. The van der Waals surface area contributed by atoms with Gasteiger partial charge in [0.2, 0.25) is 11.1 Å². The Labute approximate surface area is 184 Å². The Morgan fingerprint density at radius 1 is 1.03 bits per heavy atom. The minimum Gasteiger partial charge on any atom is -0.310 e. The number of hydrogen-bond acceptors (Lipinski definition) is 6. The number of hydrogen-bond donors (Lipinski definition) is 1. The summed E-state index contributed by atoms with van der Waals surface area (Å²) in [5.74, 6) is 0.637. The number of aryl methyl sites for hydroxylation is 3. The third-order valence-corrected chi connectivity index (χ3v) is 5.87. The molecule has 1 N–H and O–H groups in total. The molecule has 0 saturated carbocycles. The smallest absolute Gasteiger partial charge is 0.236 e. The van der Waals surface area contributed by atoms with E-state index in [2.05, 4.69) is 25.9 Å². The molecule has 0 radical (unpaired) electrons. The summed E-state index contributed by atoms with van der Waals surface area (Å²) in [4.78, 5) is 12.7. The second-order valence-corrected chi connectivity index (χ2v) is 8.29. The monoisotopic (exact) mass is 433 g/mol. The number of benzene rings is 2. The van der Waals surface area contributed by atoms with Crippen LogP contribution in [-0.2, 0) is 4.79 Å². The van der Waals surface area contributed by atoms with Gasteiger partial charge in [-0.2, -0.15) is 9.78 Å². The van der Waals surface area contributed by atoms with Gasteiger partial charge in [0, 0.05) is 6.07 Å². The normalized spacial score (nSPS) is 11.0. The van der Waals surface area contributed by atoms with Crippen LogP contribution < -0.4 is 5.32 Å². The first-order chi connectivity index (χ1) is 14.9. The van der Waals surface area contributed by atoms with Crippen molar-refractivity contribution in [2.24, 2.45) is 0 Å². The van der Waals surface area contributed by atoms with Crippen molar-refractivity contribution in [2.75, 3.05) is 11.1 Å². The molecule has 4 rings (SSSR count). The average Bonchev–Trinajstić information content (AvgIpc) is 3.35. The predicted octanol–water partition coefficient (Wildman–Crippen LogP) is 3.81. The zero-order valence-corrected chi connectivity index (χ0v) is 18.6. The zero-order chi connectivity index (χ0) is 22.0. The lowest BCUT2D eigenvalue weighted by Gasteiger charge is -2.10. The van der Waals surface area contributed by atoms with Crippen molar-refractivity contribution < 1.29 is 4.79 Å². The summed E-state index contributed by atoms with van der Waals surface area (Å²) in [5, 5.41) is 20.0. The molecular formula is C22H23N7OS. The largest absolute Gasteiger partial charge is 0.310 e. The van der Waals surface area contributed by atoms with Gasteiger partial charge in [0.15, 0.2) is 0 Å². The fourth-order valence-electron chi connectivity index (χ4n) is 3.17. The third kappa shape index (κ3) is 4.51. The Morgan fingerprint density at radius 2 is 1.81 bits per heavy atom. The standard InChI is InChI=1S/C22H23N7OS/c1-14-8-10-18(11-9-14)28-20(12-16(3)25-28)23-21(30)13-31-22-24-26-27-29(22)19-7-5-6-15(2)17(19)4/h5-12H,13H2,1-4H3,(H,23,30). The van der Waals surface area contributed by atoms with Crippen LogP contribution in [0.5, 0.6) is 0 Å². The van der Waals surface area contributed by atoms with Gasteiger partial charge >= 0.3 is 0 Å². The van der Waals surface area contributed by atoms with E-state index in [1.54, 1.807) is 9.36 Å². The van der Waals surface area contributed by atoms with Crippen LogP contribution >= 0.6 is 11.8 Å². The Bertz CT molecular complexity index is 1230. The first-order valence-electron chi connectivity index (χ1n) is 9.83. The molecule has 0 spiro atoms. The lowest BCUT2D eigenvalue weighted by atomic mass is 10.1. The van der Waals surface area contributed by atoms with Crippen molar-refractivity contribution in [1.82, 2.24) is 30.0 Å². The second kappa shape index (κ2) is 8.73. The number of thioether (sulfide) groups is 1. The molecule has 9 heteroatoms. The maximum absolute atomic E-state index is 12.7. The van der Waals surface area contributed by atoms with E-state index in [4.69, 9.17) is 0 Å². The van der Waals surface area contributed by atoms with E-state index in [9.17, 15) is 4.79 Å². The van der Waals surface area contributed by atoms with Crippen molar-refractivity contribution in [3.05, 3.63) is 70.9 Å². The lowest BCUT2D eigenvalue weighted by molar-refractivity contribution is -0.113. The van der Waals surface area contributed by atoms with Gasteiger partial charge in [0.1, 0.15) is 5.82 Å². The Kier molecular flexibility index (Phi) is 5.85. The molecule has 2 aromatic heterocycles. The molecule has 31 heavy (non-hydrogen) atoms. The van der Waals surface area contributed by atoms with Crippen LogP contribution in [0.15, 0.2) is 53.7 Å². The number of aromatic nitrogens is 6. The topological polar surface area (TPSA) is 90.5 Å². The maximum atomic E-state index is 12.7. The number of nitrogens with one attached hydrogen (secondary N) is 1. The summed E-state index contributed by atoms with van der Waals surface area (Å²) in [6.07, 6.45) is 0. The van der Waals surface area contributed by atoms with E-state index in [0.29, 0.717) is 11.0 Å². The number of tetrazole rings is 1. The molecule has 2 aromatic carbocycles. The van der Waals surface area contributed by atoms with E-state index in [1.165, 1.54) is 11.8 Å². The van der Waals surface area contributed by atoms with Crippen LogP contribution in [0, 0.1) is 27.7 Å². The van der Waals surface area contributed by atoms with Crippen molar-refractivity contribution in [1.29, 1.82) is 0 Å². The third-order valence-electron chi connectivity index (χ3n) is 4.96. The van der Waals surface area contributed by atoms with E-state index in [1.807, 2.05) is 76.2 Å². The summed E-state index contributed by atoms with van der Waals surface area (Å²) in [6, 6.07) is 15.8. The second-order valence-electron chi connectivity index (χ2n) is 7.35. The number of anilines is 1. The molecule has 0 bridgehead atoms. The molecule has 0 saturated heterocycles. The van der Waals surface area contributed by atoms with Crippen LogP contribution in [0.4, 0.5) is 5.82 Å². The quantitative estimate of drug-likeness (QED) is 0.465.